The molecule has 0 aliphatic carbocycles. The molecule has 0 aliphatic heterocycles. The van der Waals surface area contributed by atoms with Gasteiger partial charge >= 0.3 is 0 Å². The zero-order chi connectivity index (χ0) is 9.84. The minimum Gasteiger partial charge on any atom is -0.339 e. The topological polar surface area (TPSA) is 20.3 Å². The van der Waals surface area contributed by atoms with Crippen molar-refractivity contribution < 1.29 is 4.79 Å². The number of hydrogen-bond acceptors (Lipinski definition) is 2. The molecule has 0 fully saturated rings. The molecule has 13 heavy (non-hydrogen) atoms. The molecule has 0 unspecified atom stereocenters. The van der Waals surface area contributed by atoms with E-state index in [1.54, 1.807) is 0 Å². The summed E-state index contributed by atoms with van der Waals surface area (Å²) in [7, 11) is 0. The minimum absolute atomic E-state index is 0.156. The number of carbonyl (C=O) groups is 1. The maximum absolute atomic E-state index is 11.8. The van der Waals surface area contributed by atoms with Gasteiger partial charge in [-0.1, -0.05) is 0 Å². The van der Waals surface area contributed by atoms with Crippen LogP contribution in [-0.2, 0) is 0 Å². The lowest BCUT2D eigenvalue weighted by Crippen LogP contribution is -2.29. The van der Waals surface area contributed by atoms with Gasteiger partial charge in [-0.05, 0) is 37.8 Å². The number of rotatable bonds is 3. The first kappa shape index (κ1) is 10.3. The SMILES string of the molecule is CCN(CC)C(=O)c1cc(C)cs1. The van der Waals surface area contributed by atoms with Crippen LogP contribution in [-0.4, -0.2) is 23.9 Å². The van der Waals surface area contributed by atoms with Crippen LogP contribution in [0.1, 0.15) is 29.1 Å². The lowest BCUT2D eigenvalue weighted by Gasteiger charge is -2.17. The van der Waals surface area contributed by atoms with Crippen LogP contribution in [0.5, 0.6) is 0 Å². The second-order valence-electron chi connectivity index (χ2n) is 2.97. The Morgan fingerprint density at radius 1 is 1.46 bits per heavy atom. The third kappa shape index (κ3) is 2.31. The Kier molecular flexibility index (Phi) is 3.48. The smallest absolute Gasteiger partial charge is 0.263 e. The normalized spacial score (nSPS) is 10.1. The van der Waals surface area contributed by atoms with E-state index in [1.807, 2.05) is 37.1 Å². The third-order valence-electron chi connectivity index (χ3n) is 1.99. The minimum atomic E-state index is 0.156. The molecule has 1 rings (SSSR count). The summed E-state index contributed by atoms with van der Waals surface area (Å²) < 4.78 is 0. The summed E-state index contributed by atoms with van der Waals surface area (Å²) >= 11 is 1.53. The van der Waals surface area contributed by atoms with Crippen molar-refractivity contribution in [3.63, 3.8) is 0 Å². The van der Waals surface area contributed by atoms with Crippen molar-refractivity contribution in [1.82, 2.24) is 4.90 Å². The lowest BCUT2D eigenvalue weighted by atomic mass is 10.3. The largest absolute Gasteiger partial charge is 0.339 e. The standard InChI is InChI=1S/C10H15NOS/c1-4-11(5-2)10(12)9-6-8(3)7-13-9/h6-7H,4-5H2,1-3H3. The molecule has 3 heteroatoms. The fraction of sp³-hybridized carbons (Fsp3) is 0.500. The summed E-state index contributed by atoms with van der Waals surface area (Å²) in [6.45, 7) is 7.58. The van der Waals surface area contributed by atoms with Crippen LogP contribution in [0.15, 0.2) is 11.4 Å². The molecular weight excluding hydrogens is 182 g/mol. The second kappa shape index (κ2) is 4.42. The van der Waals surface area contributed by atoms with E-state index in [1.165, 1.54) is 16.9 Å². The van der Waals surface area contributed by atoms with Crippen molar-refractivity contribution in [3.8, 4) is 0 Å². The number of nitrogens with zero attached hydrogens (tertiary/aromatic N) is 1. The molecule has 0 radical (unpaired) electrons. The molecular formula is C10H15NOS. The molecule has 2 nitrogen and oxygen atoms in total. The van der Waals surface area contributed by atoms with Gasteiger partial charge in [0.2, 0.25) is 0 Å². The average molecular weight is 197 g/mol. The van der Waals surface area contributed by atoms with Gasteiger partial charge in [-0.25, -0.2) is 0 Å². The molecule has 0 atom stereocenters. The first-order valence-electron chi connectivity index (χ1n) is 4.53. The van der Waals surface area contributed by atoms with E-state index in [-0.39, 0.29) is 5.91 Å². The van der Waals surface area contributed by atoms with Gasteiger partial charge in [0.15, 0.2) is 0 Å². The molecule has 1 heterocycles. The number of hydrogen-bond donors (Lipinski definition) is 0. The van der Waals surface area contributed by atoms with Crippen LogP contribution >= 0.6 is 11.3 Å². The van der Waals surface area contributed by atoms with E-state index < -0.39 is 0 Å². The second-order valence-corrected chi connectivity index (χ2v) is 3.88. The maximum Gasteiger partial charge on any atom is 0.263 e. The van der Waals surface area contributed by atoms with Gasteiger partial charge in [-0.3, -0.25) is 4.79 Å². The van der Waals surface area contributed by atoms with E-state index in [9.17, 15) is 4.79 Å². The predicted octanol–water partition coefficient (Wildman–Crippen LogP) is 2.54. The van der Waals surface area contributed by atoms with Crippen molar-refractivity contribution in [1.29, 1.82) is 0 Å². The first-order valence-corrected chi connectivity index (χ1v) is 5.41. The van der Waals surface area contributed by atoms with Crippen molar-refractivity contribution in [3.05, 3.63) is 21.9 Å². The van der Waals surface area contributed by atoms with Crippen LogP contribution in [0.25, 0.3) is 0 Å². The molecule has 1 aromatic heterocycles. The van der Waals surface area contributed by atoms with Gasteiger partial charge in [-0.2, -0.15) is 0 Å². The molecule has 0 saturated heterocycles. The van der Waals surface area contributed by atoms with Gasteiger partial charge in [0.05, 0.1) is 4.88 Å². The summed E-state index contributed by atoms with van der Waals surface area (Å²) in [5, 5.41) is 2.01. The molecule has 0 spiro atoms. The first-order chi connectivity index (χ1) is 6.19. The van der Waals surface area contributed by atoms with Crippen molar-refractivity contribution >= 4 is 17.2 Å². The molecule has 1 amide bonds. The highest BCUT2D eigenvalue weighted by Crippen LogP contribution is 2.15. The van der Waals surface area contributed by atoms with Gasteiger partial charge in [0.1, 0.15) is 0 Å². The van der Waals surface area contributed by atoms with E-state index >= 15 is 0 Å². The summed E-state index contributed by atoms with van der Waals surface area (Å²) in [6, 6.07) is 1.95. The summed E-state index contributed by atoms with van der Waals surface area (Å²) in [4.78, 5) is 14.4. The monoisotopic (exact) mass is 197 g/mol. The number of aryl methyl sites for hydroxylation is 1. The zero-order valence-corrected chi connectivity index (χ0v) is 9.15. The molecule has 0 bridgehead atoms. The van der Waals surface area contributed by atoms with Gasteiger partial charge in [-0.15, -0.1) is 11.3 Å². The predicted molar refractivity (Wildman–Crippen MR) is 56.3 cm³/mol. The Hall–Kier alpha value is -0.830. The van der Waals surface area contributed by atoms with E-state index in [2.05, 4.69) is 0 Å². The van der Waals surface area contributed by atoms with Gasteiger partial charge in [0.25, 0.3) is 5.91 Å². The number of thiophene rings is 1. The average Bonchev–Trinajstić information content (AvgIpc) is 2.54. The number of carbonyl (C=O) groups excluding carboxylic acids is 1. The van der Waals surface area contributed by atoms with Gasteiger partial charge in [0, 0.05) is 13.1 Å². The molecule has 72 valence electrons. The lowest BCUT2D eigenvalue weighted by molar-refractivity contribution is 0.0778. The highest BCUT2D eigenvalue weighted by molar-refractivity contribution is 7.12. The van der Waals surface area contributed by atoms with Crippen molar-refractivity contribution in [2.45, 2.75) is 20.8 Å². The summed E-state index contributed by atoms with van der Waals surface area (Å²) in [5.74, 6) is 0.156. The third-order valence-corrected chi connectivity index (χ3v) is 3.03. The fourth-order valence-electron chi connectivity index (χ4n) is 1.21. The Labute approximate surface area is 83.2 Å². The summed E-state index contributed by atoms with van der Waals surface area (Å²) in [6.07, 6.45) is 0. The van der Waals surface area contributed by atoms with E-state index in [4.69, 9.17) is 0 Å². The molecule has 0 aromatic carbocycles. The summed E-state index contributed by atoms with van der Waals surface area (Å²) in [5.41, 5.74) is 1.17. The van der Waals surface area contributed by atoms with Crippen LogP contribution in [0.2, 0.25) is 0 Å². The van der Waals surface area contributed by atoms with Crippen molar-refractivity contribution in [2.75, 3.05) is 13.1 Å². The highest BCUT2D eigenvalue weighted by atomic mass is 32.1. The quantitative estimate of drug-likeness (QED) is 0.729. The Bertz CT molecular complexity index is 289. The molecule has 0 aliphatic rings. The fourth-order valence-corrected chi connectivity index (χ4v) is 2.07. The van der Waals surface area contributed by atoms with Crippen LogP contribution in [0, 0.1) is 6.92 Å². The van der Waals surface area contributed by atoms with Crippen LogP contribution < -0.4 is 0 Å². The molecule has 0 N–H and O–H groups in total. The number of amides is 1. The van der Waals surface area contributed by atoms with Crippen molar-refractivity contribution in [2.24, 2.45) is 0 Å². The maximum atomic E-state index is 11.8. The Morgan fingerprint density at radius 3 is 2.46 bits per heavy atom. The Balaban J connectivity index is 2.78. The highest BCUT2D eigenvalue weighted by Gasteiger charge is 2.13. The van der Waals surface area contributed by atoms with Gasteiger partial charge < -0.3 is 4.90 Å². The molecule has 0 saturated carbocycles. The van der Waals surface area contributed by atoms with E-state index in [0.717, 1.165) is 18.0 Å². The van der Waals surface area contributed by atoms with Crippen LogP contribution in [0.4, 0.5) is 0 Å². The van der Waals surface area contributed by atoms with E-state index in [0.29, 0.717) is 0 Å². The zero-order valence-electron chi connectivity index (χ0n) is 8.33. The molecule has 1 aromatic rings. The Morgan fingerprint density at radius 2 is 2.08 bits per heavy atom. The van der Waals surface area contributed by atoms with Crippen LogP contribution in [0.3, 0.4) is 0 Å².